The minimum atomic E-state index is 0.203. The third kappa shape index (κ3) is 5.53. The standard InChI is InChI=1S/C18H27ClN4O2/c1-4-17(24)23-9-8-15(12-23)22-18(20-3)21-11-13-6-7-14(19)10-16(13)25-5-2/h6-7,10,15H,4-5,8-9,11-12H2,1-3H3,(H2,20,21,22). The molecule has 1 aliphatic heterocycles. The Labute approximate surface area is 154 Å². The van der Waals surface area contributed by atoms with Crippen LogP contribution in [-0.2, 0) is 11.3 Å². The molecule has 0 bridgehead atoms. The summed E-state index contributed by atoms with van der Waals surface area (Å²) < 4.78 is 5.64. The Kier molecular flexibility index (Phi) is 7.37. The summed E-state index contributed by atoms with van der Waals surface area (Å²) in [6.07, 6.45) is 1.48. The molecule has 25 heavy (non-hydrogen) atoms. The van der Waals surface area contributed by atoms with Gasteiger partial charge in [0.2, 0.25) is 5.91 Å². The van der Waals surface area contributed by atoms with Gasteiger partial charge in [0.05, 0.1) is 6.61 Å². The number of rotatable bonds is 6. The van der Waals surface area contributed by atoms with Crippen LogP contribution in [-0.4, -0.2) is 49.6 Å². The number of guanidine groups is 1. The summed E-state index contributed by atoms with van der Waals surface area (Å²) in [5.41, 5.74) is 1.02. The lowest BCUT2D eigenvalue weighted by Crippen LogP contribution is -2.44. The van der Waals surface area contributed by atoms with Crippen molar-refractivity contribution in [3.8, 4) is 5.75 Å². The molecule has 0 radical (unpaired) electrons. The van der Waals surface area contributed by atoms with Gasteiger partial charge in [-0.1, -0.05) is 24.6 Å². The van der Waals surface area contributed by atoms with Crippen molar-refractivity contribution in [2.75, 3.05) is 26.7 Å². The number of hydrogen-bond acceptors (Lipinski definition) is 3. The van der Waals surface area contributed by atoms with Crippen molar-refractivity contribution in [2.45, 2.75) is 39.3 Å². The number of nitrogens with zero attached hydrogens (tertiary/aromatic N) is 2. The Balaban J connectivity index is 1.90. The van der Waals surface area contributed by atoms with Crippen molar-refractivity contribution < 1.29 is 9.53 Å². The normalized spacial score (nSPS) is 17.5. The van der Waals surface area contributed by atoms with Gasteiger partial charge < -0.3 is 20.3 Å². The van der Waals surface area contributed by atoms with Gasteiger partial charge in [0, 0.05) is 49.7 Å². The SMILES string of the molecule is CCOc1cc(Cl)ccc1CNC(=NC)NC1CCN(C(=O)CC)C1. The molecule has 1 aromatic rings. The fraction of sp³-hybridized carbons (Fsp3) is 0.556. The maximum Gasteiger partial charge on any atom is 0.222 e. The molecule has 1 amide bonds. The molecule has 0 saturated carbocycles. The lowest BCUT2D eigenvalue weighted by Gasteiger charge is -2.19. The molecule has 2 N–H and O–H groups in total. The highest BCUT2D eigenvalue weighted by Crippen LogP contribution is 2.23. The summed E-state index contributed by atoms with van der Waals surface area (Å²) in [7, 11) is 1.74. The van der Waals surface area contributed by atoms with Crippen molar-refractivity contribution in [1.29, 1.82) is 0 Å². The van der Waals surface area contributed by atoms with E-state index in [2.05, 4.69) is 15.6 Å². The van der Waals surface area contributed by atoms with Gasteiger partial charge in [-0.05, 0) is 25.5 Å². The zero-order valence-electron chi connectivity index (χ0n) is 15.1. The fourth-order valence-electron chi connectivity index (χ4n) is 2.86. The minimum absolute atomic E-state index is 0.203. The molecule has 1 unspecified atom stereocenters. The second-order valence-corrected chi connectivity index (χ2v) is 6.37. The van der Waals surface area contributed by atoms with Crippen LogP contribution in [0.5, 0.6) is 5.75 Å². The Hall–Kier alpha value is -1.95. The van der Waals surface area contributed by atoms with Gasteiger partial charge in [0.1, 0.15) is 5.75 Å². The van der Waals surface area contributed by atoms with Crippen LogP contribution >= 0.6 is 11.6 Å². The Morgan fingerprint density at radius 3 is 2.92 bits per heavy atom. The first-order valence-corrected chi connectivity index (χ1v) is 9.11. The predicted octanol–water partition coefficient (Wildman–Crippen LogP) is 2.41. The van der Waals surface area contributed by atoms with Gasteiger partial charge in [-0.3, -0.25) is 9.79 Å². The van der Waals surface area contributed by atoms with Gasteiger partial charge in [-0.2, -0.15) is 0 Å². The average Bonchev–Trinajstić information content (AvgIpc) is 3.08. The first kappa shape index (κ1) is 19.4. The van der Waals surface area contributed by atoms with Gasteiger partial charge in [0.25, 0.3) is 0 Å². The quantitative estimate of drug-likeness (QED) is 0.599. The summed E-state index contributed by atoms with van der Waals surface area (Å²) in [6.45, 7) is 6.53. The lowest BCUT2D eigenvalue weighted by molar-refractivity contribution is -0.129. The molecule has 1 aliphatic rings. The van der Waals surface area contributed by atoms with E-state index in [4.69, 9.17) is 16.3 Å². The number of halogens is 1. The van der Waals surface area contributed by atoms with Crippen molar-refractivity contribution in [3.63, 3.8) is 0 Å². The van der Waals surface area contributed by atoms with Crippen LogP contribution in [0.15, 0.2) is 23.2 Å². The maximum absolute atomic E-state index is 11.8. The number of amides is 1. The molecule has 2 rings (SSSR count). The number of carbonyl (C=O) groups excluding carboxylic acids is 1. The third-order valence-electron chi connectivity index (χ3n) is 4.18. The third-order valence-corrected chi connectivity index (χ3v) is 4.42. The monoisotopic (exact) mass is 366 g/mol. The van der Waals surface area contributed by atoms with Crippen molar-refractivity contribution in [2.24, 2.45) is 4.99 Å². The molecule has 0 aliphatic carbocycles. The average molecular weight is 367 g/mol. The molecule has 1 saturated heterocycles. The van der Waals surface area contributed by atoms with E-state index in [0.29, 0.717) is 30.6 Å². The molecule has 0 aromatic heterocycles. The van der Waals surface area contributed by atoms with Crippen molar-refractivity contribution in [1.82, 2.24) is 15.5 Å². The smallest absolute Gasteiger partial charge is 0.222 e. The first-order valence-electron chi connectivity index (χ1n) is 8.73. The molecule has 138 valence electrons. The molecule has 1 atom stereocenters. The Morgan fingerprint density at radius 1 is 1.44 bits per heavy atom. The number of hydrogen-bond donors (Lipinski definition) is 2. The second-order valence-electron chi connectivity index (χ2n) is 5.93. The van der Waals surface area contributed by atoms with Gasteiger partial charge in [0.15, 0.2) is 5.96 Å². The van der Waals surface area contributed by atoms with E-state index in [-0.39, 0.29) is 11.9 Å². The molecule has 1 fully saturated rings. The van der Waals surface area contributed by atoms with Crippen molar-refractivity contribution in [3.05, 3.63) is 28.8 Å². The molecule has 0 spiro atoms. The van der Waals surface area contributed by atoms with E-state index >= 15 is 0 Å². The molecular weight excluding hydrogens is 340 g/mol. The largest absolute Gasteiger partial charge is 0.493 e. The number of benzene rings is 1. The highest BCUT2D eigenvalue weighted by Gasteiger charge is 2.25. The summed E-state index contributed by atoms with van der Waals surface area (Å²) in [6, 6.07) is 5.84. The zero-order valence-corrected chi connectivity index (χ0v) is 15.9. The van der Waals surface area contributed by atoms with Gasteiger partial charge in [-0.15, -0.1) is 0 Å². The van der Waals surface area contributed by atoms with Gasteiger partial charge >= 0.3 is 0 Å². The molecule has 1 heterocycles. The summed E-state index contributed by atoms with van der Waals surface area (Å²) in [5, 5.41) is 7.34. The van der Waals surface area contributed by atoms with Crippen LogP contribution in [0, 0.1) is 0 Å². The fourth-order valence-corrected chi connectivity index (χ4v) is 3.02. The number of likely N-dealkylation sites (tertiary alicyclic amines) is 1. The second kappa shape index (κ2) is 9.51. The van der Waals surface area contributed by atoms with E-state index in [1.807, 2.05) is 36.9 Å². The molecule has 6 nitrogen and oxygen atoms in total. The number of carbonyl (C=O) groups is 1. The molecule has 7 heteroatoms. The summed E-state index contributed by atoms with van der Waals surface area (Å²) in [4.78, 5) is 18.0. The molecule has 1 aromatic carbocycles. The highest BCUT2D eigenvalue weighted by molar-refractivity contribution is 6.30. The number of aliphatic imine (C=N–C) groups is 1. The van der Waals surface area contributed by atoms with E-state index in [9.17, 15) is 4.79 Å². The maximum atomic E-state index is 11.8. The lowest BCUT2D eigenvalue weighted by atomic mass is 10.2. The number of ether oxygens (including phenoxy) is 1. The van der Waals surface area contributed by atoms with Crippen LogP contribution in [0.25, 0.3) is 0 Å². The topological polar surface area (TPSA) is 66.0 Å². The van der Waals surface area contributed by atoms with E-state index in [0.717, 1.165) is 30.8 Å². The Bertz CT molecular complexity index is 621. The van der Waals surface area contributed by atoms with Crippen LogP contribution in [0.1, 0.15) is 32.3 Å². The van der Waals surface area contributed by atoms with Crippen LogP contribution in [0.3, 0.4) is 0 Å². The van der Waals surface area contributed by atoms with Gasteiger partial charge in [-0.25, -0.2) is 0 Å². The number of nitrogens with one attached hydrogen (secondary N) is 2. The van der Waals surface area contributed by atoms with E-state index < -0.39 is 0 Å². The van der Waals surface area contributed by atoms with Crippen LogP contribution in [0.2, 0.25) is 5.02 Å². The summed E-state index contributed by atoms with van der Waals surface area (Å²) in [5.74, 6) is 1.70. The predicted molar refractivity (Wildman–Crippen MR) is 101 cm³/mol. The van der Waals surface area contributed by atoms with Crippen LogP contribution < -0.4 is 15.4 Å². The van der Waals surface area contributed by atoms with E-state index in [1.54, 1.807) is 7.05 Å². The first-order chi connectivity index (χ1) is 12.1. The van der Waals surface area contributed by atoms with E-state index in [1.165, 1.54) is 0 Å². The zero-order chi connectivity index (χ0) is 18.2. The Morgan fingerprint density at radius 2 is 2.24 bits per heavy atom. The van der Waals surface area contributed by atoms with Crippen LogP contribution in [0.4, 0.5) is 0 Å². The van der Waals surface area contributed by atoms with Crippen molar-refractivity contribution >= 4 is 23.5 Å². The highest BCUT2D eigenvalue weighted by atomic mass is 35.5. The minimum Gasteiger partial charge on any atom is -0.493 e. The molecular formula is C18H27ClN4O2. The summed E-state index contributed by atoms with van der Waals surface area (Å²) >= 11 is 6.04.